The third-order valence-corrected chi connectivity index (χ3v) is 7.39. The predicted molar refractivity (Wildman–Crippen MR) is 160 cm³/mol. The molecule has 3 aromatic rings. The van der Waals surface area contributed by atoms with Crippen molar-refractivity contribution in [3.05, 3.63) is 64.2 Å². The van der Waals surface area contributed by atoms with Gasteiger partial charge in [0.15, 0.2) is 0 Å². The Labute approximate surface area is 229 Å². The molecule has 0 radical (unpaired) electrons. The number of nitrogens with zero attached hydrogens (tertiary/aromatic N) is 1. The number of pyridine rings is 1. The molecule has 5 heteroatoms. The largest absolute Gasteiger partial charge is 0.382 e. The highest BCUT2D eigenvalue weighted by atomic mass is 35.5. The highest BCUT2D eigenvalue weighted by Gasteiger charge is 2.32. The summed E-state index contributed by atoms with van der Waals surface area (Å²) in [6, 6.07) is 14.2. The van der Waals surface area contributed by atoms with Gasteiger partial charge in [0.1, 0.15) is 5.60 Å². The summed E-state index contributed by atoms with van der Waals surface area (Å²) in [6.45, 7) is 11.5. The van der Waals surface area contributed by atoms with Gasteiger partial charge in [-0.2, -0.15) is 0 Å². The van der Waals surface area contributed by atoms with Crippen LogP contribution >= 0.6 is 11.6 Å². The number of hydrogen-bond acceptors (Lipinski definition) is 4. The lowest BCUT2D eigenvalue weighted by Crippen LogP contribution is -2.46. The first-order chi connectivity index (χ1) is 17.9. The molecule has 3 rings (SSSR count). The molecule has 1 heterocycles. The van der Waals surface area contributed by atoms with Crippen molar-refractivity contribution in [2.45, 2.75) is 84.7 Å². The zero-order valence-corrected chi connectivity index (χ0v) is 24.1. The summed E-state index contributed by atoms with van der Waals surface area (Å²) < 4.78 is 0. The Balaban J connectivity index is 1.99. The molecule has 1 aromatic heterocycles. The van der Waals surface area contributed by atoms with Crippen molar-refractivity contribution in [2.24, 2.45) is 0 Å². The van der Waals surface area contributed by atoms with E-state index in [4.69, 9.17) is 16.6 Å². The third kappa shape index (κ3) is 8.51. The number of aryl methyl sites for hydroxylation is 2. The van der Waals surface area contributed by atoms with Crippen molar-refractivity contribution >= 4 is 22.5 Å². The quantitative estimate of drug-likeness (QED) is 0.168. The van der Waals surface area contributed by atoms with Crippen LogP contribution in [0.15, 0.2) is 42.5 Å². The molecule has 4 nitrogen and oxygen atoms in total. The van der Waals surface area contributed by atoms with Crippen molar-refractivity contribution in [3.8, 4) is 11.3 Å². The fraction of sp³-hybridized carbons (Fsp3) is 0.531. The lowest BCUT2D eigenvalue weighted by Gasteiger charge is -2.31. The second kappa shape index (κ2) is 14.8. The van der Waals surface area contributed by atoms with E-state index < -0.39 is 5.60 Å². The first-order valence-corrected chi connectivity index (χ1v) is 14.6. The van der Waals surface area contributed by atoms with E-state index in [0.717, 1.165) is 59.2 Å². The van der Waals surface area contributed by atoms with Gasteiger partial charge in [-0.3, -0.25) is 0 Å². The number of aliphatic hydroxyl groups is 1. The van der Waals surface area contributed by atoms with Crippen LogP contribution in [0.4, 0.5) is 0 Å². The molecule has 0 amide bonds. The van der Waals surface area contributed by atoms with E-state index in [1.165, 1.54) is 44.1 Å². The van der Waals surface area contributed by atoms with Crippen LogP contribution in [-0.2, 0) is 5.60 Å². The van der Waals surface area contributed by atoms with Gasteiger partial charge in [0.2, 0.25) is 0 Å². The fourth-order valence-corrected chi connectivity index (χ4v) is 5.16. The van der Waals surface area contributed by atoms with Crippen molar-refractivity contribution < 1.29 is 5.11 Å². The molecule has 202 valence electrons. The van der Waals surface area contributed by atoms with Crippen LogP contribution in [0, 0.1) is 13.8 Å². The normalized spacial score (nSPS) is 11.9. The van der Waals surface area contributed by atoms with Crippen LogP contribution in [-0.4, -0.2) is 36.3 Å². The third-order valence-electron chi connectivity index (χ3n) is 7.14. The first-order valence-electron chi connectivity index (χ1n) is 14.2. The van der Waals surface area contributed by atoms with Gasteiger partial charge >= 0.3 is 0 Å². The van der Waals surface area contributed by atoms with Crippen LogP contribution in [0.1, 0.15) is 81.9 Å². The van der Waals surface area contributed by atoms with E-state index >= 15 is 0 Å². The molecule has 3 N–H and O–H groups in total. The summed E-state index contributed by atoms with van der Waals surface area (Å²) in [7, 11) is 0. The Morgan fingerprint density at radius 1 is 0.811 bits per heavy atom. The minimum Gasteiger partial charge on any atom is -0.382 e. The number of rotatable bonds is 16. The zero-order valence-electron chi connectivity index (χ0n) is 23.3. The summed E-state index contributed by atoms with van der Waals surface area (Å²) in [5.74, 6) is 0. The number of hydrogen-bond donors (Lipinski definition) is 3. The minimum absolute atomic E-state index is 0.493. The van der Waals surface area contributed by atoms with Crippen LogP contribution in [0.5, 0.6) is 0 Å². The molecular formula is C32H46ClN3O. The molecular weight excluding hydrogens is 478 g/mol. The average molecular weight is 524 g/mol. The summed E-state index contributed by atoms with van der Waals surface area (Å²) in [6.07, 6.45) is 9.64. The molecule has 0 spiro atoms. The maximum atomic E-state index is 12.3. The van der Waals surface area contributed by atoms with Gasteiger partial charge < -0.3 is 15.7 Å². The average Bonchev–Trinajstić information content (AvgIpc) is 2.88. The van der Waals surface area contributed by atoms with Crippen LogP contribution in [0.25, 0.3) is 22.2 Å². The Kier molecular flexibility index (Phi) is 11.8. The second-order valence-corrected chi connectivity index (χ2v) is 11.0. The number of halogens is 1. The van der Waals surface area contributed by atoms with E-state index in [9.17, 15) is 5.11 Å². The number of fused-ring (bicyclic) bond motifs is 1. The van der Waals surface area contributed by atoms with Gasteiger partial charge in [-0.25, -0.2) is 4.98 Å². The van der Waals surface area contributed by atoms with Gasteiger partial charge in [0, 0.05) is 29.1 Å². The molecule has 0 fully saturated rings. The van der Waals surface area contributed by atoms with Gasteiger partial charge in [-0.1, -0.05) is 87.7 Å². The molecule has 0 aliphatic rings. The summed E-state index contributed by atoms with van der Waals surface area (Å²) >= 11 is 6.17. The monoisotopic (exact) mass is 523 g/mol. The Morgan fingerprint density at radius 3 is 1.97 bits per heavy atom. The summed E-state index contributed by atoms with van der Waals surface area (Å²) in [5, 5.41) is 21.2. The molecule has 0 atom stereocenters. The van der Waals surface area contributed by atoms with Gasteiger partial charge in [0.25, 0.3) is 0 Å². The Morgan fingerprint density at radius 2 is 1.41 bits per heavy atom. The fourth-order valence-electron chi connectivity index (χ4n) is 5.03. The predicted octanol–water partition coefficient (Wildman–Crippen LogP) is 7.70. The smallest absolute Gasteiger partial charge is 0.115 e. The molecule has 2 aromatic carbocycles. The molecule has 0 bridgehead atoms. The van der Waals surface area contributed by atoms with E-state index in [2.05, 4.69) is 56.5 Å². The van der Waals surface area contributed by atoms with Gasteiger partial charge in [-0.05, 0) is 75.2 Å². The maximum absolute atomic E-state index is 12.3. The number of aromatic nitrogens is 1. The van der Waals surface area contributed by atoms with Crippen LogP contribution in [0.3, 0.4) is 0 Å². The first kappa shape index (κ1) is 29.6. The lowest BCUT2D eigenvalue weighted by molar-refractivity contribution is 0.0384. The van der Waals surface area contributed by atoms with Gasteiger partial charge in [-0.15, -0.1) is 0 Å². The topological polar surface area (TPSA) is 57.2 Å². The van der Waals surface area contributed by atoms with Crippen LogP contribution < -0.4 is 10.6 Å². The number of nitrogens with one attached hydrogen (secondary N) is 2. The molecule has 0 aliphatic heterocycles. The second-order valence-electron chi connectivity index (χ2n) is 10.5. The van der Waals surface area contributed by atoms with Crippen molar-refractivity contribution in [1.82, 2.24) is 15.6 Å². The van der Waals surface area contributed by atoms with Crippen molar-refractivity contribution in [2.75, 3.05) is 26.2 Å². The van der Waals surface area contributed by atoms with Crippen molar-refractivity contribution in [3.63, 3.8) is 0 Å². The van der Waals surface area contributed by atoms with Crippen molar-refractivity contribution in [1.29, 1.82) is 0 Å². The highest BCUT2D eigenvalue weighted by Crippen LogP contribution is 2.34. The molecule has 0 aliphatic carbocycles. The molecule has 0 unspecified atom stereocenters. The zero-order chi connectivity index (χ0) is 26.7. The lowest BCUT2D eigenvalue weighted by atomic mass is 9.87. The molecule has 37 heavy (non-hydrogen) atoms. The van der Waals surface area contributed by atoms with Crippen LogP contribution in [0.2, 0.25) is 5.02 Å². The van der Waals surface area contributed by atoms with E-state index in [0.29, 0.717) is 18.1 Å². The van der Waals surface area contributed by atoms with Gasteiger partial charge in [0.05, 0.1) is 11.2 Å². The standard InChI is InChI=1S/C32H46ClN3O/c1-5-7-9-11-17-34-22-32(37,23-35-18-12-10-8-6-2)29-21-30(26-13-15-27(33)16-14-26)36-31-25(4)19-24(3)20-28(29)31/h13-16,19-21,34-35,37H,5-12,17-18,22-23H2,1-4H3. The maximum Gasteiger partial charge on any atom is 0.115 e. The Hall–Kier alpha value is -1.98. The van der Waals surface area contributed by atoms with E-state index in [-0.39, 0.29) is 0 Å². The SMILES string of the molecule is CCCCCCNCC(O)(CNCCCCCC)c1cc(-c2ccc(Cl)cc2)nc2c(C)cc(C)cc12. The highest BCUT2D eigenvalue weighted by molar-refractivity contribution is 6.30. The summed E-state index contributed by atoms with van der Waals surface area (Å²) in [4.78, 5) is 5.06. The minimum atomic E-state index is -1.07. The molecule has 0 saturated carbocycles. The Bertz CT molecular complexity index is 1100. The number of unbranched alkanes of at least 4 members (excludes halogenated alkanes) is 6. The molecule has 0 saturated heterocycles. The van der Waals surface area contributed by atoms with E-state index in [1.807, 2.05) is 24.3 Å². The van der Waals surface area contributed by atoms with E-state index in [1.54, 1.807) is 0 Å². The summed E-state index contributed by atoms with van der Waals surface area (Å²) in [5.41, 5.74) is 4.95. The number of benzene rings is 2.